The van der Waals surface area contributed by atoms with Crippen LogP contribution in [0.15, 0.2) is 30.3 Å². The minimum absolute atomic E-state index is 0.153. The molecule has 0 aliphatic heterocycles. The van der Waals surface area contributed by atoms with E-state index in [1.54, 1.807) is 6.92 Å². The van der Waals surface area contributed by atoms with E-state index in [2.05, 4.69) is 16.9 Å². The van der Waals surface area contributed by atoms with E-state index in [-0.39, 0.29) is 23.2 Å². The topological polar surface area (TPSA) is 55.4 Å². The van der Waals surface area contributed by atoms with Crippen LogP contribution in [0.2, 0.25) is 0 Å². The number of esters is 1. The predicted molar refractivity (Wildman–Crippen MR) is 90.8 cm³/mol. The molecule has 4 nitrogen and oxygen atoms in total. The minimum atomic E-state index is -1.20. The SMILES string of the molecule is CCOC(=O)C[C@H](CCc1ccccc1)N[S@@](=O)C(C)(C)C. The highest BCUT2D eigenvalue weighted by Crippen LogP contribution is 2.14. The molecule has 0 amide bonds. The van der Waals surface area contributed by atoms with E-state index in [1.165, 1.54) is 5.56 Å². The molecule has 124 valence electrons. The quantitative estimate of drug-likeness (QED) is 0.748. The van der Waals surface area contributed by atoms with Crippen molar-refractivity contribution < 1.29 is 13.7 Å². The Labute approximate surface area is 136 Å². The first-order valence-corrected chi connectivity index (χ1v) is 8.85. The molecule has 0 radical (unpaired) electrons. The number of rotatable bonds is 8. The van der Waals surface area contributed by atoms with Crippen LogP contribution in [-0.4, -0.2) is 27.6 Å². The molecule has 1 N–H and O–H groups in total. The van der Waals surface area contributed by atoms with E-state index in [1.807, 2.05) is 39.0 Å². The highest BCUT2D eigenvalue weighted by molar-refractivity contribution is 7.84. The molecule has 0 aromatic heterocycles. The Bertz CT molecular complexity index is 482. The van der Waals surface area contributed by atoms with Gasteiger partial charge in [0.25, 0.3) is 0 Å². The van der Waals surface area contributed by atoms with Gasteiger partial charge in [0.15, 0.2) is 0 Å². The van der Waals surface area contributed by atoms with Crippen LogP contribution in [0.4, 0.5) is 0 Å². The lowest BCUT2D eigenvalue weighted by atomic mass is 10.0. The number of nitrogens with one attached hydrogen (secondary N) is 1. The fourth-order valence-electron chi connectivity index (χ4n) is 1.94. The van der Waals surface area contributed by atoms with Gasteiger partial charge in [-0.05, 0) is 46.1 Å². The van der Waals surface area contributed by atoms with Crippen LogP contribution >= 0.6 is 0 Å². The van der Waals surface area contributed by atoms with Crippen molar-refractivity contribution in [3.8, 4) is 0 Å². The average Bonchev–Trinajstić information content (AvgIpc) is 2.45. The van der Waals surface area contributed by atoms with Crippen LogP contribution in [-0.2, 0) is 26.9 Å². The predicted octanol–water partition coefficient (Wildman–Crippen LogP) is 2.99. The van der Waals surface area contributed by atoms with Gasteiger partial charge in [-0.15, -0.1) is 0 Å². The van der Waals surface area contributed by atoms with Crippen molar-refractivity contribution in [2.45, 2.75) is 57.7 Å². The summed E-state index contributed by atoms with van der Waals surface area (Å²) in [4.78, 5) is 11.7. The number of hydrogen-bond acceptors (Lipinski definition) is 3. The van der Waals surface area contributed by atoms with Crippen LogP contribution in [0.25, 0.3) is 0 Å². The summed E-state index contributed by atoms with van der Waals surface area (Å²) in [6.45, 7) is 7.89. The van der Waals surface area contributed by atoms with Gasteiger partial charge in [0, 0.05) is 6.04 Å². The molecule has 0 bridgehead atoms. The standard InChI is InChI=1S/C17H27NO3S/c1-5-21-16(19)13-15(18-22(20)17(2,3)4)12-11-14-9-7-6-8-10-14/h6-10,15,18H,5,11-13H2,1-4H3/t15-,22-/m0/s1. The number of benzene rings is 1. The number of aryl methyl sites for hydroxylation is 1. The summed E-state index contributed by atoms with van der Waals surface area (Å²) in [5, 5.41) is 0. The second-order valence-electron chi connectivity index (χ2n) is 6.23. The molecule has 0 fully saturated rings. The molecular formula is C17H27NO3S. The summed E-state index contributed by atoms with van der Waals surface area (Å²) in [6, 6.07) is 9.93. The molecule has 0 saturated carbocycles. The van der Waals surface area contributed by atoms with Crippen molar-refractivity contribution in [2.24, 2.45) is 0 Å². The number of carbonyl (C=O) groups excluding carboxylic acids is 1. The summed E-state index contributed by atoms with van der Waals surface area (Å²) < 4.78 is 20.0. The molecule has 0 unspecified atom stereocenters. The van der Waals surface area contributed by atoms with Crippen LogP contribution in [0.3, 0.4) is 0 Å². The lowest BCUT2D eigenvalue weighted by Gasteiger charge is -2.24. The maximum Gasteiger partial charge on any atom is 0.307 e. The van der Waals surface area contributed by atoms with Crippen molar-refractivity contribution in [2.75, 3.05) is 6.61 Å². The van der Waals surface area contributed by atoms with Crippen molar-refractivity contribution in [3.63, 3.8) is 0 Å². The smallest absolute Gasteiger partial charge is 0.307 e. The van der Waals surface area contributed by atoms with Crippen molar-refractivity contribution in [1.29, 1.82) is 0 Å². The van der Waals surface area contributed by atoms with Crippen molar-refractivity contribution in [3.05, 3.63) is 35.9 Å². The van der Waals surface area contributed by atoms with E-state index in [9.17, 15) is 9.00 Å². The highest BCUT2D eigenvalue weighted by Gasteiger charge is 2.24. The number of hydrogen-bond donors (Lipinski definition) is 1. The van der Waals surface area contributed by atoms with E-state index < -0.39 is 11.0 Å². The maximum absolute atomic E-state index is 12.3. The number of carbonyl (C=O) groups is 1. The molecule has 1 rings (SSSR count). The fraction of sp³-hybridized carbons (Fsp3) is 0.588. The first-order chi connectivity index (χ1) is 10.3. The Balaban J connectivity index is 2.64. The third kappa shape index (κ3) is 7.18. The Morgan fingerprint density at radius 2 is 1.91 bits per heavy atom. The summed E-state index contributed by atoms with van der Waals surface area (Å²) >= 11 is 0. The average molecular weight is 325 g/mol. The first kappa shape index (κ1) is 18.8. The zero-order valence-electron chi connectivity index (χ0n) is 13.9. The van der Waals surface area contributed by atoms with Crippen LogP contribution in [0, 0.1) is 0 Å². The minimum Gasteiger partial charge on any atom is -0.466 e. The van der Waals surface area contributed by atoms with Gasteiger partial charge in [-0.1, -0.05) is 30.3 Å². The molecule has 2 atom stereocenters. The largest absolute Gasteiger partial charge is 0.466 e. The normalized spacial score (nSPS) is 14.4. The van der Waals surface area contributed by atoms with Gasteiger partial charge in [-0.3, -0.25) is 4.79 Å². The first-order valence-electron chi connectivity index (χ1n) is 7.70. The summed E-state index contributed by atoms with van der Waals surface area (Å²) in [7, 11) is -1.20. The highest BCUT2D eigenvalue weighted by atomic mass is 32.2. The van der Waals surface area contributed by atoms with Crippen molar-refractivity contribution in [1.82, 2.24) is 4.72 Å². The Kier molecular flexibility index (Phi) is 7.76. The van der Waals surface area contributed by atoms with E-state index >= 15 is 0 Å². The summed E-state index contributed by atoms with van der Waals surface area (Å²) in [5.41, 5.74) is 1.21. The molecule has 0 aliphatic rings. The molecule has 0 spiro atoms. The Hall–Kier alpha value is -1.20. The fourth-order valence-corrected chi connectivity index (χ4v) is 2.79. The van der Waals surface area contributed by atoms with Crippen LogP contribution < -0.4 is 4.72 Å². The van der Waals surface area contributed by atoms with Crippen LogP contribution in [0.1, 0.15) is 46.1 Å². The van der Waals surface area contributed by atoms with E-state index in [4.69, 9.17) is 4.74 Å². The molecule has 0 aliphatic carbocycles. The van der Waals surface area contributed by atoms with Crippen molar-refractivity contribution >= 4 is 17.0 Å². The van der Waals surface area contributed by atoms with Gasteiger partial charge in [0.05, 0.1) is 28.8 Å². The maximum atomic E-state index is 12.3. The lowest BCUT2D eigenvalue weighted by Crippen LogP contribution is -2.41. The molecule has 1 aromatic carbocycles. The molecule has 1 aromatic rings. The van der Waals surface area contributed by atoms with Gasteiger partial charge in [0.2, 0.25) is 0 Å². The molecule has 0 saturated heterocycles. The van der Waals surface area contributed by atoms with Crippen LogP contribution in [0.5, 0.6) is 0 Å². The zero-order chi connectivity index (χ0) is 16.6. The second-order valence-corrected chi connectivity index (χ2v) is 8.23. The Morgan fingerprint density at radius 1 is 1.27 bits per heavy atom. The lowest BCUT2D eigenvalue weighted by molar-refractivity contribution is -0.143. The van der Waals surface area contributed by atoms with E-state index in [0.29, 0.717) is 6.61 Å². The second kappa shape index (κ2) is 9.06. The van der Waals surface area contributed by atoms with Gasteiger partial charge in [-0.2, -0.15) is 0 Å². The van der Waals surface area contributed by atoms with Gasteiger partial charge in [-0.25, -0.2) is 8.93 Å². The number of ether oxygens (including phenoxy) is 1. The third-order valence-electron chi connectivity index (χ3n) is 3.17. The molecule has 5 heteroatoms. The summed E-state index contributed by atoms with van der Waals surface area (Å²) in [6.07, 6.45) is 1.81. The zero-order valence-corrected chi connectivity index (χ0v) is 14.7. The Morgan fingerprint density at radius 3 is 2.45 bits per heavy atom. The summed E-state index contributed by atoms with van der Waals surface area (Å²) in [5.74, 6) is -0.251. The molecule has 0 heterocycles. The monoisotopic (exact) mass is 325 g/mol. The molecular weight excluding hydrogens is 298 g/mol. The van der Waals surface area contributed by atoms with Gasteiger partial charge in [0.1, 0.15) is 0 Å². The third-order valence-corrected chi connectivity index (χ3v) is 4.83. The molecule has 22 heavy (non-hydrogen) atoms. The van der Waals surface area contributed by atoms with E-state index in [0.717, 1.165) is 12.8 Å². The van der Waals surface area contributed by atoms with Gasteiger partial charge < -0.3 is 4.74 Å². The van der Waals surface area contributed by atoms with Gasteiger partial charge >= 0.3 is 5.97 Å².